The minimum atomic E-state index is -4.57. The number of aromatic amines is 1. The van der Waals surface area contributed by atoms with Gasteiger partial charge in [0.1, 0.15) is 5.54 Å². The summed E-state index contributed by atoms with van der Waals surface area (Å²) in [5.74, 6) is 0. The van der Waals surface area contributed by atoms with Gasteiger partial charge in [0.2, 0.25) is 0 Å². The van der Waals surface area contributed by atoms with E-state index >= 15 is 0 Å². The first kappa shape index (κ1) is 11.4. The van der Waals surface area contributed by atoms with Crippen molar-refractivity contribution < 1.29 is 21.6 Å². The van der Waals surface area contributed by atoms with Crippen molar-refractivity contribution in [1.82, 2.24) is 14.9 Å². The first-order chi connectivity index (χ1) is 7.27. The topological polar surface area (TPSA) is 74.8 Å². The molecule has 5 nitrogen and oxygen atoms in total. The average Bonchev–Trinajstić information content (AvgIpc) is 2.73. The summed E-state index contributed by atoms with van der Waals surface area (Å²) in [4.78, 5) is 0. The van der Waals surface area contributed by atoms with Crippen molar-refractivity contribution in [3.8, 4) is 0 Å². The number of H-pyrrole nitrogens is 1. The van der Waals surface area contributed by atoms with Crippen molar-refractivity contribution in [3.05, 3.63) is 12.3 Å². The lowest BCUT2D eigenvalue weighted by atomic mass is 10.3. The molecule has 1 aliphatic carbocycles. The predicted octanol–water partition coefficient (Wildman–Crippen LogP) is 0.783. The maximum Gasteiger partial charge on any atom is 0.407 e. The minimum Gasteiger partial charge on any atom is -0.266 e. The van der Waals surface area contributed by atoms with Crippen LogP contribution in [0.4, 0.5) is 13.2 Å². The highest BCUT2D eigenvalue weighted by atomic mass is 32.2. The van der Waals surface area contributed by atoms with Crippen molar-refractivity contribution in [2.45, 2.75) is 29.6 Å². The van der Waals surface area contributed by atoms with E-state index in [2.05, 4.69) is 10.2 Å². The molecule has 0 aromatic carbocycles. The molecular weight excluding hydrogens is 247 g/mol. The van der Waals surface area contributed by atoms with Crippen LogP contribution in [0.25, 0.3) is 0 Å². The zero-order valence-corrected chi connectivity index (χ0v) is 8.69. The predicted molar refractivity (Wildman–Crippen MR) is 46.9 cm³/mol. The molecule has 1 heterocycles. The van der Waals surface area contributed by atoms with Gasteiger partial charge in [-0.25, -0.2) is 8.42 Å². The Hall–Kier alpha value is -1.09. The molecule has 0 amide bonds. The third-order valence-corrected chi connectivity index (χ3v) is 3.85. The summed E-state index contributed by atoms with van der Waals surface area (Å²) in [6.07, 6.45) is -3.88. The Labute approximate surface area is 89.1 Å². The Bertz CT molecular complexity index is 475. The number of rotatable bonds is 3. The Morgan fingerprint density at radius 1 is 1.44 bits per heavy atom. The van der Waals surface area contributed by atoms with Gasteiger partial charge in [-0.1, -0.05) is 0 Å². The SMILES string of the molecule is O=S(=O)(NC1(C(F)(F)F)CC1)c1ccn[nH]1. The van der Waals surface area contributed by atoms with Crippen LogP contribution in [0.15, 0.2) is 17.3 Å². The number of hydrogen-bond donors (Lipinski definition) is 2. The zero-order chi connectivity index (χ0) is 12.0. The fourth-order valence-corrected chi connectivity index (χ4v) is 2.63. The van der Waals surface area contributed by atoms with Crippen LogP contribution in [-0.4, -0.2) is 30.3 Å². The molecule has 0 saturated heterocycles. The van der Waals surface area contributed by atoms with Crippen molar-refractivity contribution >= 4 is 10.0 Å². The molecule has 1 fully saturated rings. The second kappa shape index (κ2) is 3.20. The van der Waals surface area contributed by atoms with Gasteiger partial charge in [-0.2, -0.15) is 23.0 Å². The van der Waals surface area contributed by atoms with E-state index in [0.717, 1.165) is 12.3 Å². The highest BCUT2D eigenvalue weighted by molar-refractivity contribution is 7.89. The number of aromatic nitrogens is 2. The molecule has 0 spiro atoms. The van der Waals surface area contributed by atoms with Gasteiger partial charge >= 0.3 is 6.18 Å². The lowest BCUT2D eigenvalue weighted by molar-refractivity contribution is -0.160. The fraction of sp³-hybridized carbons (Fsp3) is 0.571. The van der Waals surface area contributed by atoms with Crippen LogP contribution in [0, 0.1) is 0 Å². The van der Waals surface area contributed by atoms with E-state index in [1.165, 1.54) is 0 Å². The number of halogens is 3. The van der Waals surface area contributed by atoms with Gasteiger partial charge in [0.25, 0.3) is 10.0 Å². The van der Waals surface area contributed by atoms with Crippen molar-refractivity contribution in [1.29, 1.82) is 0 Å². The van der Waals surface area contributed by atoms with E-state index in [9.17, 15) is 21.6 Å². The summed E-state index contributed by atoms with van der Waals surface area (Å²) in [6, 6.07) is 1.09. The minimum absolute atomic E-state index is 0.232. The van der Waals surface area contributed by atoms with Gasteiger partial charge in [-0.05, 0) is 18.9 Å². The molecule has 0 radical (unpaired) electrons. The molecule has 0 atom stereocenters. The molecule has 1 aromatic heterocycles. The van der Waals surface area contributed by atoms with Crippen LogP contribution in [0.2, 0.25) is 0 Å². The van der Waals surface area contributed by atoms with Crippen LogP contribution >= 0.6 is 0 Å². The third kappa shape index (κ3) is 1.80. The second-order valence-corrected chi connectivity index (χ2v) is 5.26. The monoisotopic (exact) mass is 255 g/mol. The molecule has 90 valence electrons. The van der Waals surface area contributed by atoms with Crippen LogP contribution in [0.5, 0.6) is 0 Å². The smallest absolute Gasteiger partial charge is 0.266 e. The van der Waals surface area contributed by atoms with E-state index in [1.807, 2.05) is 0 Å². The van der Waals surface area contributed by atoms with E-state index in [1.54, 1.807) is 4.72 Å². The van der Waals surface area contributed by atoms with E-state index in [0.29, 0.717) is 0 Å². The van der Waals surface area contributed by atoms with Gasteiger partial charge < -0.3 is 0 Å². The van der Waals surface area contributed by atoms with Crippen LogP contribution in [-0.2, 0) is 10.0 Å². The van der Waals surface area contributed by atoms with Gasteiger partial charge in [0.05, 0.1) is 6.20 Å². The third-order valence-electron chi connectivity index (χ3n) is 2.39. The lowest BCUT2D eigenvalue weighted by Crippen LogP contribution is -2.47. The summed E-state index contributed by atoms with van der Waals surface area (Å²) < 4.78 is 62.2. The Balaban J connectivity index is 2.24. The summed E-state index contributed by atoms with van der Waals surface area (Å²) >= 11 is 0. The maximum atomic E-state index is 12.5. The molecule has 0 bridgehead atoms. The van der Waals surface area contributed by atoms with Crippen LogP contribution in [0.3, 0.4) is 0 Å². The molecule has 2 N–H and O–H groups in total. The molecule has 2 rings (SSSR count). The number of nitrogens with zero attached hydrogens (tertiary/aromatic N) is 1. The van der Waals surface area contributed by atoms with Crippen molar-refractivity contribution in [2.75, 3.05) is 0 Å². The molecule has 0 unspecified atom stereocenters. The van der Waals surface area contributed by atoms with Crippen molar-refractivity contribution in [3.63, 3.8) is 0 Å². The summed E-state index contributed by atoms with van der Waals surface area (Å²) in [5, 5.41) is 5.11. The van der Waals surface area contributed by atoms with E-state index < -0.39 is 21.7 Å². The molecule has 9 heteroatoms. The number of sulfonamides is 1. The van der Waals surface area contributed by atoms with Gasteiger partial charge in [0.15, 0.2) is 5.03 Å². The zero-order valence-electron chi connectivity index (χ0n) is 7.87. The van der Waals surface area contributed by atoms with Crippen LogP contribution < -0.4 is 4.72 Å². The largest absolute Gasteiger partial charge is 0.407 e. The molecule has 1 saturated carbocycles. The Kier molecular flexibility index (Phi) is 2.28. The number of hydrogen-bond acceptors (Lipinski definition) is 3. The normalized spacial score (nSPS) is 19.7. The standard InChI is InChI=1S/C7H8F3N3O2S/c8-7(9,10)6(2-3-6)13-16(14,15)5-1-4-11-12-5/h1,4,13H,2-3H2,(H,11,12). The maximum absolute atomic E-state index is 12.5. The van der Waals surface area contributed by atoms with Crippen LogP contribution in [0.1, 0.15) is 12.8 Å². The Morgan fingerprint density at radius 2 is 2.06 bits per heavy atom. The van der Waals surface area contributed by atoms with Gasteiger partial charge in [-0.3, -0.25) is 5.10 Å². The molecular formula is C7H8F3N3O2S. The first-order valence-electron chi connectivity index (χ1n) is 4.37. The average molecular weight is 255 g/mol. The summed E-state index contributed by atoms with van der Waals surface area (Å²) in [5.41, 5.74) is -2.29. The van der Waals surface area contributed by atoms with Gasteiger partial charge in [-0.15, -0.1) is 0 Å². The lowest BCUT2D eigenvalue weighted by Gasteiger charge is -2.19. The highest BCUT2D eigenvalue weighted by Gasteiger charge is 2.65. The number of alkyl halides is 3. The van der Waals surface area contributed by atoms with Crippen molar-refractivity contribution in [2.24, 2.45) is 0 Å². The quantitative estimate of drug-likeness (QED) is 0.838. The summed E-state index contributed by atoms with van der Waals surface area (Å²) in [7, 11) is -4.18. The molecule has 1 aliphatic rings. The first-order valence-corrected chi connectivity index (χ1v) is 5.85. The second-order valence-electron chi connectivity index (χ2n) is 3.61. The van der Waals surface area contributed by atoms with E-state index in [4.69, 9.17) is 0 Å². The van der Waals surface area contributed by atoms with Gasteiger partial charge in [0, 0.05) is 0 Å². The fourth-order valence-electron chi connectivity index (χ4n) is 1.27. The molecule has 16 heavy (non-hydrogen) atoms. The molecule has 1 aromatic rings. The highest BCUT2D eigenvalue weighted by Crippen LogP contribution is 2.49. The molecule has 0 aliphatic heterocycles. The Morgan fingerprint density at radius 3 is 2.44 bits per heavy atom. The summed E-state index contributed by atoms with van der Waals surface area (Å²) in [6.45, 7) is 0. The number of nitrogens with one attached hydrogen (secondary N) is 2. The van der Waals surface area contributed by atoms with E-state index in [-0.39, 0.29) is 17.9 Å².